The summed E-state index contributed by atoms with van der Waals surface area (Å²) in [6.07, 6.45) is -2.28. The van der Waals surface area contributed by atoms with E-state index in [1.807, 2.05) is 0 Å². The topological polar surface area (TPSA) is 102 Å². The quantitative estimate of drug-likeness (QED) is 0.586. The minimum Gasteiger partial charge on any atom is -0.389 e. The Bertz CT molecular complexity index is 427. The average Bonchev–Trinajstić information content (AvgIpc) is 2.28. The molecule has 0 aliphatic carbocycles. The highest BCUT2D eigenvalue weighted by atomic mass is 32.1. The minimum absolute atomic E-state index is 0.117. The van der Waals surface area contributed by atoms with Crippen LogP contribution in [0.5, 0.6) is 0 Å². The monoisotopic (exact) mass is 251 g/mol. The lowest BCUT2D eigenvalue weighted by molar-refractivity contribution is 0.0216. The van der Waals surface area contributed by atoms with Crippen molar-refractivity contribution in [3.63, 3.8) is 0 Å². The first-order valence-electron chi connectivity index (χ1n) is 4.94. The van der Waals surface area contributed by atoms with Gasteiger partial charge < -0.3 is 21.3 Å². The largest absolute Gasteiger partial charge is 0.389 e. The van der Waals surface area contributed by atoms with Gasteiger partial charge in [-0.1, -0.05) is 12.1 Å². The zero-order chi connectivity index (χ0) is 12.8. The third-order valence-electron chi connectivity index (χ3n) is 2.18. The van der Waals surface area contributed by atoms with E-state index in [-0.39, 0.29) is 11.5 Å². The summed E-state index contributed by atoms with van der Waals surface area (Å²) in [6.45, 7) is 0. The number of hydrogen-bond donors (Lipinski definition) is 4. The smallest absolute Gasteiger partial charge is 0.168 e. The number of aliphatic hydroxyl groups is 2. The molecule has 0 radical (unpaired) electrons. The van der Waals surface area contributed by atoms with Gasteiger partial charge in [0.1, 0.15) is 6.10 Å². The molecule has 0 bridgehead atoms. The molecule has 5 N–H and O–H groups in total. The van der Waals surface area contributed by atoms with Gasteiger partial charge in [-0.25, -0.2) is 0 Å². The predicted octanol–water partition coefficient (Wildman–Crippen LogP) is 0.650. The number of aliphatic hydroxyl groups excluding tert-OH is 2. The van der Waals surface area contributed by atoms with Gasteiger partial charge in [-0.05, 0) is 29.9 Å². The number of rotatable bonds is 4. The van der Waals surface area contributed by atoms with E-state index in [0.717, 1.165) is 0 Å². The van der Waals surface area contributed by atoms with Crippen LogP contribution >= 0.6 is 12.2 Å². The Kier molecular flexibility index (Phi) is 4.84. The molecular formula is C11H13N3O2S. The van der Waals surface area contributed by atoms with Crippen molar-refractivity contribution in [2.75, 3.05) is 5.32 Å². The highest BCUT2D eigenvalue weighted by Gasteiger charge is 2.17. The summed E-state index contributed by atoms with van der Waals surface area (Å²) in [5, 5.41) is 30.5. The first-order chi connectivity index (χ1) is 8.04. The third-order valence-corrected chi connectivity index (χ3v) is 2.29. The second-order valence-corrected chi connectivity index (χ2v) is 3.93. The van der Waals surface area contributed by atoms with Crippen LogP contribution in [0, 0.1) is 11.3 Å². The fourth-order valence-electron chi connectivity index (χ4n) is 1.33. The van der Waals surface area contributed by atoms with Crippen molar-refractivity contribution in [1.29, 1.82) is 5.26 Å². The lowest BCUT2D eigenvalue weighted by Gasteiger charge is -2.15. The lowest BCUT2D eigenvalue weighted by atomic mass is 10.0. The number of nitrogens with two attached hydrogens (primary N) is 1. The summed E-state index contributed by atoms with van der Waals surface area (Å²) in [4.78, 5) is 0. The molecule has 6 heteroatoms. The first-order valence-corrected chi connectivity index (χ1v) is 5.35. The Morgan fingerprint density at radius 3 is 2.47 bits per heavy atom. The number of nitriles is 1. The maximum atomic E-state index is 9.72. The lowest BCUT2D eigenvalue weighted by Crippen LogP contribution is -2.19. The molecule has 0 fully saturated rings. The fourth-order valence-corrected chi connectivity index (χ4v) is 1.45. The number of nitrogens with one attached hydrogen (secondary N) is 1. The van der Waals surface area contributed by atoms with Crippen LogP contribution in [0.2, 0.25) is 0 Å². The molecule has 2 atom stereocenters. The van der Waals surface area contributed by atoms with Crippen LogP contribution in [0.1, 0.15) is 18.1 Å². The molecular weight excluding hydrogens is 238 g/mol. The molecule has 0 aliphatic rings. The van der Waals surface area contributed by atoms with Crippen LogP contribution in [0.25, 0.3) is 0 Å². The maximum Gasteiger partial charge on any atom is 0.168 e. The summed E-state index contributed by atoms with van der Waals surface area (Å²) in [5.74, 6) is 0. The molecule has 0 aliphatic heterocycles. The van der Waals surface area contributed by atoms with E-state index in [4.69, 9.17) is 11.0 Å². The number of nitrogens with zero attached hydrogens (tertiary/aromatic N) is 1. The molecule has 1 aromatic carbocycles. The molecule has 1 rings (SSSR count). The highest BCUT2D eigenvalue weighted by Crippen LogP contribution is 2.20. The van der Waals surface area contributed by atoms with Crippen molar-refractivity contribution in [3.05, 3.63) is 29.8 Å². The molecule has 0 spiro atoms. The zero-order valence-corrected chi connectivity index (χ0v) is 9.81. The second-order valence-electron chi connectivity index (χ2n) is 3.49. The van der Waals surface area contributed by atoms with E-state index in [1.165, 1.54) is 0 Å². The molecule has 0 aromatic heterocycles. The van der Waals surface area contributed by atoms with Gasteiger partial charge in [-0.15, -0.1) is 0 Å². The van der Waals surface area contributed by atoms with E-state index in [1.54, 1.807) is 30.3 Å². The normalized spacial score (nSPS) is 13.5. The molecule has 17 heavy (non-hydrogen) atoms. The maximum absolute atomic E-state index is 9.72. The Balaban J connectivity index is 2.73. The minimum atomic E-state index is -1.09. The van der Waals surface area contributed by atoms with Crippen LogP contribution in [0.15, 0.2) is 24.3 Å². The van der Waals surface area contributed by atoms with Crippen LogP contribution < -0.4 is 11.1 Å². The van der Waals surface area contributed by atoms with Crippen molar-refractivity contribution in [2.45, 2.75) is 18.6 Å². The number of hydrogen-bond acceptors (Lipinski definition) is 4. The van der Waals surface area contributed by atoms with Gasteiger partial charge in [0.25, 0.3) is 0 Å². The molecule has 90 valence electrons. The molecule has 0 saturated heterocycles. The van der Waals surface area contributed by atoms with Gasteiger partial charge in [0.2, 0.25) is 0 Å². The Labute approximate surface area is 104 Å². The summed E-state index contributed by atoms with van der Waals surface area (Å²) in [6, 6.07) is 8.42. The van der Waals surface area contributed by atoms with Crippen molar-refractivity contribution >= 4 is 23.0 Å². The van der Waals surface area contributed by atoms with E-state index in [9.17, 15) is 10.2 Å². The molecule has 0 saturated carbocycles. The standard InChI is InChI=1S/C11H13N3O2S/c12-6-5-9(15)10(16)7-1-3-8(4-2-7)14-11(13)17/h1-4,9-10,15-16H,5H2,(H3,13,14,17). The Morgan fingerprint density at radius 2 is 2.00 bits per heavy atom. The van der Waals surface area contributed by atoms with Gasteiger partial charge in [0.05, 0.1) is 18.6 Å². The fraction of sp³-hybridized carbons (Fsp3) is 0.273. The third kappa shape index (κ3) is 4.00. The number of anilines is 1. The Morgan fingerprint density at radius 1 is 1.41 bits per heavy atom. The predicted molar refractivity (Wildman–Crippen MR) is 68.0 cm³/mol. The van der Waals surface area contributed by atoms with Gasteiger partial charge in [-0.2, -0.15) is 5.26 Å². The number of benzene rings is 1. The zero-order valence-electron chi connectivity index (χ0n) is 9.00. The van der Waals surface area contributed by atoms with Gasteiger partial charge in [-0.3, -0.25) is 0 Å². The van der Waals surface area contributed by atoms with E-state index >= 15 is 0 Å². The SMILES string of the molecule is N#CCC(O)C(O)c1ccc(NC(N)=S)cc1. The second kappa shape index (κ2) is 6.15. The summed E-state index contributed by atoms with van der Waals surface area (Å²) < 4.78 is 0. The van der Waals surface area contributed by atoms with Crippen LogP contribution in [0.3, 0.4) is 0 Å². The van der Waals surface area contributed by atoms with Crippen molar-refractivity contribution in [3.8, 4) is 6.07 Å². The molecule has 1 aromatic rings. The van der Waals surface area contributed by atoms with Crippen molar-refractivity contribution < 1.29 is 10.2 Å². The summed E-state index contributed by atoms with van der Waals surface area (Å²) in [5.41, 5.74) is 6.53. The van der Waals surface area contributed by atoms with Crippen LogP contribution in [0.4, 0.5) is 5.69 Å². The van der Waals surface area contributed by atoms with Gasteiger partial charge >= 0.3 is 0 Å². The van der Waals surface area contributed by atoms with Crippen molar-refractivity contribution in [2.24, 2.45) is 5.73 Å². The van der Waals surface area contributed by atoms with E-state index in [0.29, 0.717) is 11.3 Å². The molecule has 0 amide bonds. The molecule has 5 nitrogen and oxygen atoms in total. The van der Waals surface area contributed by atoms with Gasteiger partial charge in [0, 0.05) is 5.69 Å². The van der Waals surface area contributed by atoms with E-state index in [2.05, 4.69) is 17.5 Å². The number of thiocarbonyl (C=S) groups is 1. The van der Waals surface area contributed by atoms with Crippen LogP contribution in [-0.2, 0) is 0 Å². The summed E-state index contributed by atoms with van der Waals surface area (Å²) >= 11 is 4.68. The van der Waals surface area contributed by atoms with E-state index < -0.39 is 12.2 Å². The highest BCUT2D eigenvalue weighted by molar-refractivity contribution is 7.80. The van der Waals surface area contributed by atoms with Gasteiger partial charge in [0.15, 0.2) is 5.11 Å². The first kappa shape index (κ1) is 13.4. The van der Waals surface area contributed by atoms with Crippen molar-refractivity contribution in [1.82, 2.24) is 0 Å². The summed E-state index contributed by atoms with van der Waals surface area (Å²) in [7, 11) is 0. The average molecular weight is 251 g/mol. The molecule has 0 heterocycles. The Hall–Kier alpha value is -1.68. The van der Waals surface area contributed by atoms with Crippen LogP contribution in [-0.4, -0.2) is 21.4 Å². The molecule has 2 unspecified atom stereocenters.